The first kappa shape index (κ1) is 19.5. The van der Waals surface area contributed by atoms with Crippen LogP contribution >= 0.6 is 31.9 Å². The molecule has 1 N–H and O–H groups in total. The van der Waals surface area contributed by atoms with Gasteiger partial charge in [0.2, 0.25) is 0 Å². The molecule has 7 heteroatoms. The van der Waals surface area contributed by atoms with E-state index in [0.717, 1.165) is 14.5 Å². The van der Waals surface area contributed by atoms with Gasteiger partial charge in [0, 0.05) is 10.0 Å². The van der Waals surface area contributed by atoms with Crippen LogP contribution < -0.4 is 14.9 Å². The summed E-state index contributed by atoms with van der Waals surface area (Å²) in [5.74, 6) is 0.945. The highest BCUT2D eigenvalue weighted by Crippen LogP contribution is 2.25. The second-order valence-corrected chi connectivity index (χ2v) is 6.81. The summed E-state index contributed by atoms with van der Waals surface area (Å²) in [7, 11) is 0. The molecule has 25 heavy (non-hydrogen) atoms. The van der Waals surface area contributed by atoms with Gasteiger partial charge in [-0.05, 0) is 60.1 Å². The van der Waals surface area contributed by atoms with Crippen LogP contribution in [0.1, 0.15) is 19.4 Å². The normalized spacial score (nSPS) is 12.0. The molecule has 2 aromatic rings. The number of amides is 1. The quantitative estimate of drug-likeness (QED) is 0.478. The smallest absolute Gasteiger partial charge is 0.280 e. The van der Waals surface area contributed by atoms with Gasteiger partial charge in [0.15, 0.2) is 6.10 Å². The summed E-state index contributed by atoms with van der Waals surface area (Å²) in [6, 6.07) is 12.9. The summed E-state index contributed by atoms with van der Waals surface area (Å²) >= 11 is 6.79. The van der Waals surface area contributed by atoms with Crippen molar-refractivity contribution in [3.8, 4) is 11.5 Å². The molecule has 0 fully saturated rings. The summed E-state index contributed by atoms with van der Waals surface area (Å²) in [6.45, 7) is 4.12. The Balaban J connectivity index is 1.98. The molecule has 0 aliphatic heterocycles. The van der Waals surface area contributed by atoms with E-state index in [0.29, 0.717) is 18.1 Å². The van der Waals surface area contributed by atoms with Crippen molar-refractivity contribution in [3.05, 3.63) is 57.0 Å². The molecule has 0 saturated heterocycles. The van der Waals surface area contributed by atoms with Crippen LogP contribution in [0.4, 0.5) is 0 Å². The molecule has 0 spiro atoms. The molecule has 132 valence electrons. The fourth-order valence-corrected chi connectivity index (χ4v) is 2.70. The summed E-state index contributed by atoms with van der Waals surface area (Å²) in [5.41, 5.74) is 3.24. The molecule has 0 unspecified atom stereocenters. The van der Waals surface area contributed by atoms with E-state index < -0.39 is 6.10 Å². The van der Waals surface area contributed by atoms with Gasteiger partial charge in [-0.15, -0.1) is 0 Å². The molecular formula is C18H18Br2N2O3. The standard InChI is InChI=1S/C18H18Br2N2O3/c1-3-24-16-9-8-14(19)10-13(16)11-21-22-18(23)12(2)25-17-7-5-4-6-15(17)20/h4-12H,3H2,1-2H3,(H,22,23)/b21-11-/t12-/m0/s1. The lowest BCUT2D eigenvalue weighted by Crippen LogP contribution is -2.33. The van der Waals surface area contributed by atoms with Crippen molar-refractivity contribution in [2.24, 2.45) is 5.10 Å². The largest absolute Gasteiger partial charge is 0.493 e. The summed E-state index contributed by atoms with van der Waals surface area (Å²) in [4.78, 5) is 12.1. The van der Waals surface area contributed by atoms with E-state index in [9.17, 15) is 4.79 Å². The molecule has 0 aliphatic carbocycles. The predicted octanol–water partition coefficient (Wildman–Crippen LogP) is 4.53. The number of halogens is 2. The Bertz CT molecular complexity index is 766. The lowest BCUT2D eigenvalue weighted by molar-refractivity contribution is -0.127. The van der Waals surface area contributed by atoms with E-state index in [1.165, 1.54) is 0 Å². The second-order valence-electron chi connectivity index (χ2n) is 5.04. The third kappa shape index (κ3) is 5.86. The number of hydrogen-bond donors (Lipinski definition) is 1. The lowest BCUT2D eigenvalue weighted by Gasteiger charge is -2.14. The van der Waals surface area contributed by atoms with E-state index in [1.54, 1.807) is 19.2 Å². The van der Waals surface area contributed by atoms with Crippen molar-refractivity contribution >= 4 is 44.0 Å². The fraction of sp³-hybridized carbons (Fsp3) is 0.222. The van der Waals surface area contributed by atoms with Gasteiger partial charge >= 0.3 is 0 Å². The Labute approximate surface area is 163 Å². The molecule has 0 bridgehead atoms. The number of benzene rings is 2. The van der Waals surface area contributed by atoms with Crippen LogP contribution in [-0.4, -0.2) is 24.8 Å². The van der Waals surface area contributed by atoms with Crippen molar-refractivity contribution in [2.45, 2.75) is 20.0 Å². The Morgan fingerprint density at radius 1 is 1.24 bits per heavy atom. The molecule has 5 nitrogen and oxygen atoms in total. The van der Waals surface area contributed by atoms with Crippen LogP contribution in [0.15, 0.2) is 56.5 Å². The van der Waals surface area contributed by atoms with Gasteiger partial charge in [0.1, 0.15) is 11.5 Å². The van der Waals surface area contributed by atoms with Gasteiger partial charge in [-0.3, -0.25) is 4.79 Å². The number of ether oxygens (including phenoxy) is 2. The molecule has 1 amide bonds. The van der Waals surface area contributed by atoms with Crippen LogP contribution in [0, 0.1) is 0 Å². The van der Waals surface area contributed by atoms with Crippen LogP contribution in [0.25, 0.3) is 0 Å². The lowest BCUT2D eigenvalue weighted by atomic mass is 10.2. The monoisotopic (exact) mass is 468 g/mol. The fourth-order valence-electron chi connectivity index (χ4n) is 1.95. The third-order valence-corrected chi connectivity index (χ3v) is 4.31. The molecule has 0 aromatic heterocycles. The average molecular weight is 470 g/mol. The zero-order valence-electron chi connectivity index (χ0n) is 13.8. The zero-order valence-corrected chi connectivity index (χ0v) is 17.0. The maximum absolute atomic E-state index is 12.1. The molecule has 2 aromatic carbocycles. The minimum absolute atomic E-state index is 0.347. The zero-order chi connectivity index (χ0) is 18.2. The highest BCUT2D eigenvalue weighted by Gasteiger charge is 2.15. The maximum Gasteiger partial charge on any atom is 0.280 e. The number of nitrogens with zero attached hydrogens (tertiary/aromatic N) is 1. The van der Waals surface area contributed by atoms with Gasteiger partial charge in [-0.2, -0.15) is 5.10 Å². The minimum Gasteiger partial charge on any atom is -0.493 e. The van der Waals surface area contributed by atoms with Crippen LogP contribution in [0.2, 0.25) is 0 Å². The minimum atomic E-state index is -0.690. The highest BCUT2D eigenvalue weighted by atomic mass is 79.9. The second kappa shape index (κ2) is 9.58. The van der Waals surface area contributed by atoms with Crippen molar-refractivity contribution < 1.29 is 14.3 Å². The molecule has 0 aliphatic rings. The van der Waals surface area contributed by atoms with Crippen LogP contribution in [0.3, 0.4) is 0 Å². The molecular weight excluding hydrogens is 452 g/mol. The number of hydrazone groups is 1. The first-order chi connectivity index (χ1) is 12.0. The van der Waals surface area contributed by atoms with Crippen molar-refractivity contribution in [1.82, 2.24) is 5.43 Å². The number of nitrogens with one attached hydrogen (secondary N) is 1. The topological polar surface area (TPSA) is 59.9 Å². The SMILES string of the molecule is CCOc1ccc(Br)cc1/C=N\NC(=O)[C@H](C)Oc1ccccc1Br. The first-order valence-corrected chi connectivity index (χ1v) is 9.26. The molecule has 1 atom stereocenters. The van der Waals surface area contributed by atoms with Crippen molar-refractivity contribution in [2.75, 3.05) is 6.61 Å². The maximum atomic E-state index is 12.1. The Hall–Kier alpha value is -1.86. The average Bonchev–Trinajstić information content (AvgIpc) is 2.59. The Morgan fingerprint density at radius 3 is 2.72 bits per heavy atom. The predicted molar refractivity (Wildman–Crippen MR) is 105 cm³/mol. The number of rotatable bonds is 7. The highest BCUT2D eigenvalue weighted by molar-refractivity contribution is 9.10. The number of hydrogen-bond acceptors (Lipinski definition) is 4. The van der Waals surface area contributed by atoms with Gasteiger partial charge in [0.25, 0.3) is 5.91 Å². The number of carbonyl (C=O) groups excluding carboxylic acids is 1. The van der Waals surface area contributed by atoms with E-state index in [4.69, 9.17) is 9.47 Å². The van der Waals surface area contributed by atoms with Crippen molar-refractivity contribution in [1.29, 1.82) is 0 Å². The van der Waals surface area contributed by atoms with Crippen LogP contribution in [-0.2, 0) is 4.79 Å². The van der Waals surface area contributed by atoms with Gasteiger partial charge < -0.3 is 9.47 Å². The summed E-state index contributed by atoms with van der Waals surface area (Å²) in [6.07, 6.45) is 0.850. The molecule has 0 radical (unpaired) electrons. The summed E-state index contributed by atoms with van der Waals surface area (Å²) in [5, 5.41) is 3.99. The van der Waals surface area contributed by atoms with E-state index in [-0.39, 0.29) is 5.91 Å². The number of para-hydroxylation sites is 1. The Kier molecular flexibility index (Phi) is 7.46. The third-order valence-electron chi connectivity index (χ3n) is 3.16. The molecule has 0 saturated carbocycles. The van der Waals surface area contributed by atoms with Gasteiger partial charge in [-0.25, -0.2) is 5.43 Å². The van der Waals surface area contributed by atoms with E-state index in [2.05, 4.69) is 42.4 Å². The Morgan fingerprint density at radius 2 is 2.00 bits per heavy atom. The van der Waals surface area contributed by atoms with Gasteiger partial charge in [-0.1, -0.05) is 28.1 Å². The summed E-state index contributed by atoms with van der Waals surface area (Å²) < 4.78 is 12.8. The van der Waals surface area contributed by atoms with E-state index >= 15 is 0 Å². The number of carbonyl (C=O) groups is 1. The van der Waals surface area contributed by atoms with Gasteiger partial charge in [0.05, 0.1) is 17.3 Å². The van der Waals surface area contributed by atoms with Crippen LogP contribution in [0.5, 0.6) is 11.5 Å². The molecule has 0 heterocycles. The first-order valence-electron chi connectivity index (χ1n) is 7.67. The molecule has 2 rings (SSSR count). The van der Waals surface area contributed by atoms with E-state index in [1.807, 2.05) is 43.3 Å². The van der Waals surface area contributed by atoms with Crippen molar-refractivity contribution in [3.63, 3.8) is 0 Å².